The van der Waals surface area contributed by atoms with Crippen LogP contribution in [0.3, 0.4) is 0 Å². The molecule has 3 aromatic rings. The van der Waals surface area contributed by atoms with Gasteiger partial charge in [-0.3, -0.25) is 4.79 Å². The van der Waals surface area contributed by atoms with Crippen LogP contribution >= 0.6 is 0 Å². The lowest BCUT2D eigenvalue weighted by Crippen LogP contribution is -2.14. The number of ketones is 1. The molecule has 0 bridgehead atoms. The van der Waals surface area contributed by atoms with Gasteiger partial charge in [0.2, 0.25) is 0 Å². The molecule has 0 N–H and O–H groups in total. The fourth-order valence-electron chi connectivity index (χ4n) is 3.00. The van der Waals surface area contributed by atoms with E-state index in [0.29, 0.717) is 0 Å². The first-order chi connectivity index (χ1) is 12.4. The molecule has 0 amide bonds. The molecule has 0 aliphatic rings. The van der Waals surface area contributed by atoms with Gasteiger partial charge in [-0.05, 0) is 32.9 Å². The van der Waals surface area contributed by atoms with Gasteiger partial charge in [0.05, 0.1) is 0 Å². The Hall–Kier alpha value is -2.87. The van der Waals surface area contributed by atoms with Gasteiger partial charge in [-0.2, -0.15) is 0 Å². The van der Waals surface area contributed by atoms with Crippen LogP contribution in [0.2, 0.25) is 0 Å². The van der Waals surface area contributed by atoms with Crippen molar-refractivity contribution in [3.63, 3.8) is 0 Å². The maximum absolute atomic E-state index is 12.3. The van der Waals surface area contributed by atoms with E-state index in [1.807, 2.05) is 73.6 Å². The van der Waals surface area contributed by atoms with Gasteiger partial charge in [0.25, 0.3) is 0 Å². The van der Waals surface area contributed by atoms with Gasteiger partial charge < -0.3 is 4.90 Å². The first-order valence-electron chi connectivity index (χ1n) is 8.79. The van der Waals surface area contributed by atoms with E-state index in [1.54, 1.807) is 0 Å². The molecule has 3 aromatic carbocycles. The standard InChI is InChI=1S/C15H15NO.C9H12/c1-16(2)14-11-7-6-10-13(14)15(17)12-8-4-3-5-9-12;1-7-4-8(2)6-9(3)5-7/h3-11H,1-2H3;4-6H,1-3H3. The minimum atomic E-state index is 0.0647. The van der Waals surface area contributed by atoms with Crippen molar-refractivity contribution in [3.8, 4) is 0 Å². The molecule has 0 unspecified atom stereocenters. The highest BCUT2D eigenvalue weighted by atomic mass is 16.1. The molecule has 134 valence electrons. The molecule has 26 heavy (non-hydrogen) atoms. The van der Waals surface area contributed by atoms with Crippen molar-refractivity contribution >= 4 is 11.5 Å². The molecule has 2 heteroatoms. The SMILES string of the molecule is CN(C)c1ccccc1C(=O)c1ccccc1.Cc1cc(C)cc(C)c1. The highest BCUT2D eigenvalue weighted by molar-refractivity contribution is 6.12. The molecule has 0 saturated carbocycles. The van der Waals surface area contributed by atoms with Crippen molar-refractivity contribution in [3.05, 3.63) is 101 Å². The molecule has 0 aliphatic carbocycles. The lowest BCUT2D eigenvalue weighted by Gasteiger charge is -2.16. The average molecular weight is 345 g/mol. The van der Waals surface area contributed by atoms with Crippen molar-refractivity contribution in [2.45, 2.75) is 20.8 Å². The Bertz CT molecular complexity index is 816. The summed E-state index contributed by atoms with van der Waals surface area (Å²) in [5, 5.41) is 0. The molecule has 0 heterocycles. The van der Waals surface area contributed by atoms with Crippen LogP contribution in [0.5, 0.6) is 0 Å². The van der Waals surface area contributed by atoms with E-state index >= 15 is 0 Å². The van der Waals surface area contributed by atoms with Crippen molar-refractivity contribution in [1.29, 1.82) is 0 Å². The van der Waals surface area contributed by atoms with Gasteiger partial charge in [-0.1, -0.05) is 77.4 Å². The van der Waals surface area contributed by atoms with Gasteiger partial charge in [0.15, 0.2) is 5.78 Å². The minimum absolute atomic E-state index is 0.0647. The van der Waals surface area contributed by atoms with Crippen LogP contribution in [0.1, 0.15) is 32.6 Å². The van der Waals surface area contributed by atoms with Crippen molar-refractivity contribution in [2.75, 3.05) is 19.0 Å². The third-order valence-electron chi connectivity index (χ3n) is 4.03. The van der Waals surface area contributed by atoms with Gasteiger partial charge in [-0.15, -0.1) is 0 Å². The number of para-hydroxylation sites is 1. The molecule has 0 saturated heterocycles. The smallest absolute Gasteiger partial charge is 0.195 e. The van der Waals surface area contributed by atoms with E-state index in [-0.39, 0.29) is 5.78 Å². The number of carbonyl (C=O) groups excluding carboxylic acids is 1. The summed E-state index contributed by atoms with van der Waals surface area (Å²) in [6.45, 7) is 6.38. The number of aryl methyl sites for hydroxylation is 3. The number of benzene rings is 3. The zero-order chi connectivity index (χ0) is 19.1. The van der Waals surface area contributed by atoms with Crippen molar-refractivity contribution < 1.29 is 4.79 Å². The van der Waals surface area contributed by atoms with E-state index in [4.69, 9.17) is 0 Å². The molecule has 0 radical (unpaired) electrons. The Kier molecular flexibility index (Phi) is 6.74. The topological polar surface area (TPSA) is 20.3 Å². The summed E-state index contributed by atoms with van der Waals surface area (Å²) >= 11 is 0. The Morgan fingerprint density at radius 3 is 1.65 bits per heavy atom. The first kappa shape index (κ1) is 19.5. The second-order valence-electron chi connectivity index (χ2n) is 6.77. The predicted molar refractivity (Wildman–Crippen MR) is 111 cm³/mol. The molecular weight excluding hydrogens is 318 g/mol. The zero-order valence-electron chi connectivity index (χ0n) is 16.3. The van der Waals surface area contributed by atoms with Crippen LogP contribution in [-0.2, 0) is 0 Å². The summed E-state index contributed by atoms with van der Waals surface area (Å²) in [7, 11) is 3.88. The van der Waals surface area contributed by atoms with Crippen molar-refractivity contribution in [2.24, 2.45) is 0 Å². The number of nitrogens with zero attached hydrogens (tertiary/aromatic N) is 1. The molecule has 3 rings (SSSR count). The van der Waals surface area contributed by atoms with E-state index in [1.165, 1.54) is 16.7 Å². The largest absolute Gasteiger partial charge is 0.377 e. The zero-order valence-corrected chi connectivity index (χ0v) is 16.3. The Morgan fingerprint density at radius 2 is 1.15 bits per heavy atom. The Labute approximate surface area is 157 Å². The summed E-state index contributed by atoms with van der Waals surface area (Å²) in [6, 6.07) is 23.6. The van der Waals surface area contributed by atoms with Crippen LogP contribution in [0, 0.1) is 20.8 Å². The molecular formula is C24H27NO. The Balaban J connectivity index is 0.000000228. The third kappa shape index (κ3) is 5.32. The summed E-state index contributed by atoms with van der Waals surface area (Å²) in [6.07, 6.45) is 0. The molecule has 0 fully saturated rings. The predicted octanol–water partition coefficient (Wildman–Crippen LogP) is 5.60. The molecule has 0 atom stereocenters. The maximum Gasteiger partial charge on any atom is 0.195 e. The second-order valence-corrected chi connectivity index (χ2v) is 6.77. The average Bonchev–Trinajstić information content (AvgIpc) is 2.61. The summed E-state index contributed by atoms with van der Waals surface area (Å²) in [5.41, 5.74) is 6.47. The maximum atomic E-state index is 12.3. The monoisotopic (exact) mass is 345 g/mol. The van der Waals surface area contributed by atoms with Crippen LogP contribution in [0.15, 0.2) is 72.8 Å². The minimum Gasteiger partial charge on any atom is -0.377 e. The van der Waals surface area contributed by atoms with Gasteiger partial charge in [0.1, 0.15) is 0 Å². The summed E-state index contributed by atoms with van der Waals surface area (Å²) in [4.78, 5) is 14.3. The van der Waals surface area contributed by atoms with Crippen LogP contribution < -0.4 is 4.90 Å². The molecule has 0 spiro atoms. The lowest BCUT2D eigenvalue weighted by atomic mass is 10.0. The number of hydrogen-bond donors (Lipinski definition) is 0. The highest BCUT2D eigenvalue weighted by Crippen LogP contribution is 2.21. The van der Waals surface area contributed by atoms with Crippen molar-refractivity contribution in [1.82, 2.24) is 0 Å². The van der Waals surface area contributed by atoms with Gasteiger partial charge in [0, 0.05) is 30.9 Å². The third-order valence-corrected chi connectivity index (χ3v) is 4.03. The van der Waals surface area contributed by atoms with E-state index < -0.39 is 0 Å². The Morgan fingerprint density at radius 1 is 0.692 bits per heavy atom. The second kappa shape index (κ2) is 9.00. The normalized spacial score (nSPS) is 9.88. The van der Waals surface area contributed by atoms with E-state index in [0.717, 1.165) is 16.8 Å². The quantitative estimate of drug-likeness (QED) is 0.576. The first-order valence-corrected chi connectivity index (χ1v) is 8.79. The van der Waals surface area contributed by atoms with Crippen LogP contribution in [0.25, 0.3) is 0 Å². The number of hydrogen-bond acceptors (Lipinski definition) is 2. The van der Waals surface area contributed by atoms with Gasteiger partial charge >= 0.3 is 0 Å². The number of carbonyl (C=O) groups is 1. The number of anilines is 1. The van der Waals surface area contributed by atoms with E-state index in [9.17, 15) is 4.79 Å². The molecule has 0 aliphatic heterocycles. The van der Waals surface area contributed by atoms with Gasteiger partial charge in [-0.25, -0.2) is 0 Å². The summed E-state index contributed by atoms with van der Waals surface area (Å²) < 4.78 is 0. The highest BCUT2D eigenvalue weighted by Gasteiger charge is 2.13. The van der Waals surface area contributed by atoms with Crippen LogP contribution in [-0.4, -0.2) is 19.9 Å². The fourth-order valence-corrected chi connectivity index (χ4v) is 3.00. The summed E-state index contributed by atoms with van der Waals surface area (Å²) in [5.74, 6) is 0.0647. The molecule has 2 nitrogen and oxygen atoms in total. The number of rotatable bonds is 3. The fraction of sp³-hybridized carbons (Fsp3) is 0.208. The lowest BCUT2D eigenvalue weighted by molar-refractivity contribution is 0.103. The molecule has 0 aromatic heterocycles. The van der Waals surface area contributed by atoms with E-state index in [2.05, 4.69) is 39.0 Å². The van der Waals surface area contributed by atoms with Crippen LogP contribution in [0.4, 0.5) is 5.69 Å².